The lowest BCUT2D eigenvalue weighted by molar-refractivity contribution is -0.120. The number of aromatic nitrogens is 2. The maximum atomic E-state index is 12.6. The number of nitrogens with zero attached hydrogens (tertiary/aromatic N) is 2. The van der Waals surface area contributed by atoms with Crippen molar-refractivity contribution in [1.29, 1.82) is 0 Å². The zero-order valence-corrected chi connectivity index (χ0v) is 12.6. The van der Waals surface area contributed by atoms with Gasteiger partial charge in [-0.05, 0) is 31.0 Å². The Balaban J connectivity index is 1.73. The molecule has 1 aliphatic heterocycles. The Morgan fingerprint density at radius 1 is 1.39 bits per heavy atom. The highest BCUT2D eigenvalue weighted by Crippen LogP contribution is 2.45. The number of hydrogen-bond acceptors (Lipinski definition) is 5. The Labute approximate surface area is 132 Å². The third kappa shape index (κ3) is 1.94. The largest absolute Gasteiger partial charge is 0.462 e. The van der Waals surface area contributed by atoms with Gasteiger partial charge >= 0.3 is 5.97 Å². The van der Waals surface area contributed by atoms with E-state index in [1.165, 1.54) is 6.20 Å². The van der Waals surface area contributed by atoms with E-state index in [1.54, 1.807) is 19.2 Å². The number of fused-ring (bicyclic) bond motifs is 3. The lowest BCUT2D eigenvalue weighted by atomic mass is 9.80. The second-order valence-corrected chi connectivity index (χ2v) is 5.84. The van der Waals surface area contributed by atoms with E-state index in [0.717, 1.165) is 16.8 Å². The third-order valence-electron chi connectivity index (χ3n) is 4.52. The molecule has 0 aromatic carbocycles. The van der Waals surface area contributed by atoms with Crippen molar-refractivity contribution in [3.63, 3.8) is 0 Å². The Morgan fingerprint density at radius 2 is 2.26 bits per heavy atom. The molecule has 4 rings (SSSR count). The minimum Gasteiger partial charge on any atom is -0.462 e. The van der Waals surface area contributed by atoms with Crippen molar-refractivity contribution < 1.29 is 14.3 Å². The Morgan fingerprint density at radius 3 is 3.09 bits per heavy atom. The van der Waals surface area contributed by atoms with Crippen LogP contribution >= 0.6 is 0 Å². The van der Waals surface area contributed by atoms with Gasteiger partial charge in [0.25, 0.3) is 0 Å². The summed E-state index contributed by atoms with van der Waals surface area (Å²) in [5.74, 6) is 0.180. The summed E-state index contributed by atoms with van der Waals surface area (Å²) in [6, 6.07) is 5.55. The van der Waals surface area contributed by atoms with E-state index in [2.05, 4.69) is 15.3 Å². The number of rotatable bonds is 2. The molecular formula is C17H15N3O3. The summed E-state index contributed by atoms with van der Waals surface area (Å²) >= 11 is 0. The molecule has 1 amide bonds. The van der Waals surface area contributed by atoms with Gasteiger partial charge in [-0.25, -0.2) is 9.78 Å². The molecule has 1 atom stereocenters. The number of carbonyl (C=O) groups is 2. The summed E-state index contributed by atoms with van der Waals surface area (Å²) in [5, 5.41) is 2.85. The van der Waals surface area contributed by atoms with Gasteiger partial charge in [0.05, 0.1) is 17.6 Å². The smallest absolute Gasteiger partial charge is 0.339 e. The highest BCUT2D eigenvalue weighted by molar-refractivity contribution is 6.06. The van der Waals surface area contributed by atoms with Gasteiger partial charge in [-0.15, -0.1) is 0 Å². The first-order chi connectivity index (χ1) is 11.1. The number of nitrogens with one attached hydrogen (secondary N) is 1. The molecule has 1 aliphatic carbocycles. The molecule has 116 valence electrons. The van der Waals surface area contributed by atoms with Crippen LogP contribution in [-0.2, 0) is 27.8 Å². The van der Waals surface area contributed by atoms with Crippen molar-refractivity contribution in [2.75, 3.05) is 11.9 Å². The van der Waals surface area contributed by atoms with Crippen LogP contribution < -0.4 is 5.32 Å². The molecule has 0 unspecified atom stereocenters. The maximum absolute atomic E-state index is 12.6. The second kappa shape index (κ2) is 4.87. The summed E-state index contributed by atoms with van der Waals surface area (Å²) in [5.41, 5.74) is 2.44. The predicted octanol–water partition coefficient (Wildman–Crippen LogP) is 1.64. The molecule has 1 spiro atoms. The zero-order chi connectivity index (χ0) is 16.0. The molecule has 1 N–H and O–H groups in total. The number of esters is 1. The van der Waals surface area contributed by atoms with Crippen LogP contribution in [0.5, 0.6) is 0 Å². The van der Waals surface area contributed by atoms with Crippen molar-refractivity contribution in [3.05, 3.63) is 53.0 Å². The lowest BCUT2D eigenvalue weighted by Gasteiger charge is -2.19. The summed E-state index contributed by atoms with van der Waals surface area (Å²) in [6.45, 7) is 2.09. The Bertz CT molecular complexity index is 834. The van der Waals surface area contributed by atoms with E-state index in [-0.39, 0.29) is 11.9 Å². The monoisotopic (exact) mass is 309 g/mol. The van der Waals surface area contributed by atoms with E-state index < -0.39 is 5.41 Å². The molecule has 6 nitrogen and oxygen atoms in total. The molecule has 0 saturated carbocycles. The van der Waals surface area contributed by atoms with Gasteiger partial charge in [-0.2, -0.15) is 0 Å². The number of carbonyl (C=O) groups excluding carboxylic acids is 2. The number of hydrogen-bond donors (Lipinski definition) is 1. The summed E-state index contributed by atoms with van der Waals surface area (Å²) < 4.78 is 5.01. The third-order valence-corrected chi connectivity index (χ3v) is 4.52. The molecule has 0 bridgehead atoms. The SMILES string of the molecule is CCOC(=O)c1cnc2c(c1)C[C@@]1(C2)C(=O)Nc2ncccc21. The molecule has 3 heterocycles. The van der Waals surface area contributed by atoms with Gasteiger partial charge in [0.1, 0.15) is 5.82 Å². The van der Waals surface area contributed by atoms with Crippen molar-refractivity contribution in [2.24, 2.45) is 0 Å². The van der Waals surface area contributed by atoms with Crippen LogP contribution in [0.2, 0.25) is 0 Å². The normalized spacial score (nSPS) is 21.0. The minimum absolute atomic E-state index is 0.0538. The standard InChI is InChI=1S/C17H15N3O3/c1-2-23-15(21)11-6-10-7-17(8-13(10)19-9-11)12-4-3-5-18-14(12)20-16(17)22/h3-6,9H,2,7-8H2,1H3,(H,18,20,22)/t17-/m0/s1. The van der Waals surface area contributed by atoms with Gasteiger partial charge in [0.2, 0.25) is 5.91 Å². The summed E-state index contributed by atoms with van der Waals surface area (Å²) in [4.78, 5) is 33.1. The highest BCUT2D eigenvalue weighted by atomic mass is 16.5. The van der Waals surface area contributed by atoms with E-state index in [1.807, 2.05) is 12.1 Å². The molecule has 2 aromatic heterocycles. The fourth-order valence-corrected chi connectivity index (χ4v) is 3.44. The van der Waals surface area contributed by atoms with Crippen molar-refractivity contribution in [1.82, 2.24) is 9.97 Å². The molecule has 0 saturated heterocycles. The quantitative estimate of drug-likeness (QED) is 0.853. The van der Waals surface area contributed by atoms with Crippen LogP contribution in [0.25, 0.3) is 0 Å². The van der Waals surface area contributed by atoms with E-state index in [4.69, 9.17) is 4.74 Å². The molecule has 23 heavy (non-hydrogen) atoms. The van der Waals surface area contributed by atoms with E-state index >= 15 is 0 Å². The van der Waals surface area contributed by atoms with Crippen LogP contribution in [0.3, 0.4) is 0 Å². The Hall–Kier alpha value is -2.76. The first kappa shape index (κ1) is 13.9. The number of ether oxygens (including phenoxy) is 1. The van der Waals surface area contributed by atoms with Gasteiger partial charge in [0.15, 0.2) is 0 Å². The van der Waals surface area contributed by atoms with Crippen molar-refractivity contribution in [2.45, 2.75) is 25.2 Å². The van der Waals surface area contributed by atoms with Crippen LogP contribution in [0, 0.1) is 0 Å². The average molecular weight is 309 g/mol. The number of amides is 1. The van der Waals surface area contributed by atoms with Gasteiger partial charge in [-0.3, -0.25) is 9.78 Å². The predicted molar refractivity (Wildman–Crippen MR) is 82.1 cm³/mol. The minimum atomic E-state index is -0.661. The second-order valence-electron chi connectivity index (χ2n) is 5.84. The molecular weight excluding hydrogens is 294 g/mol. The van der Waals surface area contributed by atoms with Crippen LogP contribution in [0.15, 0.2) is 30.6 Å². The van der Waals surface area contributed by atoms with Crippen LogP contribution in [0.1, 0.15) is 34.1 Å². The summed E-state index contributed by atoms with van der Waals surface area (Å²) in [7, 11) is 0. The molecule has 2 aromatic rings. The van der Waals surface area contributed by atoms with Gasteiger partial charge in [-0.1, -0.05) is 6.07 Å². The number of anilines is 1. The lowest BCUT2D eigenvalue weighted by Crippen LogP contribution is -2.35. The number of pyridine rings is 2. The fourth-order valence-electron chi connectivity index (χ4n) is 3.44. The highest BCUT2D eigenvalue weighted by Gasteiger charge is 2.51. The topological polar surface area (TPSA) is 81.2 Å². The van der Waals surface area contributed by atoms with Gasteiger partial charge < -0.3 is 10.1 Å². The molecule has 0 radical (unpaired) electrons. The molecule has 2 aliphatic rings. The van der Waals surface area contributed by atoms with E-state index in [9.17, 15) is 9.59 Å². The molecule has 0 fully saturated rings. The fraction of sp³-hybridized carbons (Fsp3) is 0.294. The maximum Gasteiger partial charge on any atom is 0.339 e. The molecule has 6 heteroatoms. The van der Waals surface area contributed by atoms with Crippen LogP contribution in [0.4, 0.5) is 5.82 Å². The average Bonchev–Trinajstić information content (AvgIpc) is 3.06. The van der Waals surface area contributed by atoms with Gasteiger partial charge in [0, 0.05) is 30.1 Å². The first-order valence-electron chi connectivity index (χ1n) is 7.56. The van der Waals surface area contributed by atoms with Crippen molar-refractivity contribution in [3.8, 4) is 0 Å². The van der Waals surface area contributed by atoms with Crippen LogP contribution in [-0.4, -0.2) is 28.5 Å². The zero-order valence-electron chi connectivity index (χ0n) is 12.6. The summed E-state index contributed by atoms with van der Waals surface area (Å²) in [6.07, 6.45) is 4.23. The first-order valence-corrected chi connectivity index (χ1v) is 7.56. The van der Waals surface area contributed by atoms with E-state index in [0.29, 0.717) is 30.8 Å². The Kier molecular flexibility index (Phi) is 2.94. The van der Waals surface area contributed by atoms with Crippen molar-refractivity contribution >= 4 is 17.7 Å².